The van der Waals surface area contributed by atoms with Gasteiger partial charge in [-0.1, -0.05) is 17.3 Å². The molecule has 0 saturated carbocycles. The summed E-state index contributed by atoms with van der Waals surface area (Å²) in [6.45, 7) is 2.89. The number of benzene rings is 1. The van der Waals surface area contributed by atoms with Crippen molar-refractivity contribution in [3.05, 3.63) is 41.9 Å². The zero-order valence-corrected chi connectivity index (χ0v) is 15.9. The van der Waals surface area contributed by atoms with Gasteiger partial charge in [0.2, 0.25) is 5.76 Å². The van der Waals surface area contributed by atoms with Crippen LogP contribution in [0.3, 0.4) is 0 Å². The highest BCUT2D eigenvalue weighted by Gasteiger charge is 2.38. The number of hydrogen-bond acceptors (Lipinski definition) is 7. The first-order valence-corrected chi connectivity index (χ1v) is 9.73. The minimum absolute atomic E-state index is 0.0378. The number of amides is 1. The van der Waals surface area contributed by atoms with Gasteiger partial charge in [0, 0.05) is 37.8 Å². The standard InChI is InChI=1S/C20H24FN3O5/c21-14-3-1-2-13(10-14)15-11-18(29-22-15)20(27)24-5-4-17(25)19(26)16(12-24)23-6-8-28-9-7-23/h1-3,10-11,16-17,19,25-26H,4-9,12H2/t16-,17-,19+/m1/s1. The van der Waals surface area contributed by atoms with Crippen molar-refractivity contribution in [2.75, 3.05) is 39.4 Å². The molecular formula is C20H24FN3O5. The molecule has 2 aliphatic heterocycles. The Bertz CT molecular complexity index is 854. The number of halogens is 1. The topological polar surface area (TPSA) is 99.3 Å². The first kappa shape index (κ1) is 20.0. The molecule has 0 unspecified atom stereocenters. The molecule has 2 fully saturated rings. The van der Waals surface area contributed by atoms with Crippen LogP contribution >= 0.6 is 0 Å². The zero-order chi connectivity index (χ0) is 20.4. The quantitative estimate of drug-likeness (QED) is 0.777. The second kappa shape index (κ2) is 8.58. The summed E-state index contributed by atoms with van der Waals surface area (Å²) in [7, 11) is 0. The van der Waals surface area contributed by atoms with Gasteiger partial charge in [0.1, 0.15) is 11.5 Å². The molecule has 2 aromatic rings. The molecule has 156 valence electrons. The third kappa shape index (κ3) is 4.32. The van der Waals surface area contributed by atoms with Gasteiger partial charge >= 0.3 is 0 Å². The predicted octanol–water partition coefficient (Wildman–Crippen LogP) is 0.749. The second-order valence-corrected chi connectivity index (χ2v) is 7.40. The van der Waals surface area contributed by atoms with Gasteiger partial charge in [0.15, 0.2) is 0 Å². The highest BCUT2D eigenvalue weighted by Crippen LogP contribution is 2.23. The molecule has 9 heteroatoms. The van der Waals surface area contributed by atoms with Crippen LogP contribution in [0.4, 0.5) is 4.39 Å². The van der Waals surface area contributed by atoms with Gasteiger partial charge in [0.05, 0.1) is 31.5 Å². The lowest BCUT2D eigenvalue weighted by molar-refractivity contribution is -0.0610. The third-order valence-electron chi connectivity index (χ3n) is 5.53. The first-order chi connectivity index (χ1) is 14.0. The number of nitrogens with zero attached hydrogens (tertiary/aromatic N) is 3. The van der Waals surface area contributed by atoms with Crippen molar-refractivity contribution in [3.63, 3.8) is 0 Å². The van der Waals surface area contributed by atoms with Crippen molar-refractivity contribution in [1.82, 2.24) is 15.0 Å². The molecule has 29 heavy (non-hydrogen) atoms. The molecule has 1 aromatic carbocycles. The van der Waals surface area contributed by atoms with E-state index in [9.17, 15) is 19.4 Å². The summed E-state index contributed by atoms with van der Waals surface area (Å²) >= 11 is 0. The molecule has 1 aromatic heterocycles. The Kier molecular flexibility index (Phi) is 5.91. The zero-order valence-electron chi connectivity index (χ0n) is 15.9. The van der Waals surface area contributed by atoms with Gasteiger partial charge < -0.3 is 24.4 Å². The minimum atomic E-state index is -0.955. The summed E-state index contributed by atoms with van der Waals surface area (Å²) in [4.78, 5) is 16.6. The average molecular weight is 405 g/mol. The van der Waals surface area contributed by atoms with Crippen LogP contribution in [-0.4, -0.2) is 88.7 Å². The predicted molar refractivity (Wildman–Crippen MR) is 101 cm³/mol. The van der Waals surface area contributed by atoms with Crippen molar-refractivity contribution in [2.24, 2.45) is 0 Å². The summed E-state index contributed by atoms with van der Waals surface area (Å²) in [5.74, 6) is -0.738. The van der Waals surface area contributed by atoms with E-state index in [1.54, 1.807) is 17.0 Å². The van der Waals surface area contributed by atoms with Crippen LogP contribution in [0.25, 0.3) is 11.3 Å². The molecule has 4 rings (SSSR count). The monoisotopic (exact) mass is 405 g/mol. The summed E-state index contributed by atoms with van der Waals surface area (Å²) in [6, 6.07) is 6.98. The summed E-state index contributed by atoms with van der Waals surface area (Å²) < 4.78 is 24.0. The van der Waals surface area contributed by atoms with Crippen LogP contribution in [0.1, 0.15) is 17.0 Å². The molecule has 2 aliphatic rings. The van der Waals surface area contributed by atoms with E-state index in [4.69, 9.17) is 9.26 Å². The van der Waals surface area contributed by atoms with Gasteiger partial charge in [-0.15, -0.1) is 0 Å². The van der Waals surface area contributed by atoms with E-state index in [-0.39, 0.29) is 31.2 Å². The Hall–Kier alpha value is -2.33. The van der Waals surface area contributed by atoms with E-state index in [1.807, 2.05) is 4.90 Å². The van der Waals surface area contributed by atoms with Gasteiger partial charge in [-0.05, 0) is 18.6 Å². The van der Waals surface area contributed by atoms with Crippen molar-refractivity contribution < 1.29 is 28.7 Å². The molecule has 3 heterocycles. The molecule has 0 radical (unpaired) electrons. The number of aliphatic hydroxyl groups excluding tert-OH is 2. The minimum Gasteiger partial charge on any atom is -0.390 e. The molecule has 3 atom stereocenters. The van der Waals surface area contributed by atoms with Crippen LogP contribution in [-0.2, 0) is 4.74 Å². The smallest absolute Gasteiger partial charge is 0.292 e. The molecule has 0 spiro atoms. The van der Waals surface area contributed by atoms with Crippen molar-refractivity contribution in [2.45, 2.75) is 24.7 Å². The summed E-state index contributed by atoms with van der Waals surface area (Å²) in [5, 5.41) is 24.8. The van der Waals surface area contributed by atoms with E-state index < -0.39 is 24.1 Å². The van der Waals surface area contributed by atoms with E-state index in [0.717, 1.165) is 0 Å². The molecule has 0 bridgehead atoms. The SMILES string of the molecule is O=C(c1cc(-c2cccc(F)c2)no1)N1CC[C@@H](O)[C@@H](O)[C@H](N2CCOCC2)C1. The Morgan fingerprint density at radius 2 is 1.97 bits per heavy atom. The second-order valence-electron chi connectivity index (χ2n) is 7.40. The molecule has 2 saturated heterocycles. The normalized spacial score (nSPS) is 26.3. The molecule has 2 N–H and O–H groups in total. The molecular weight excluding hydrogens is 381 g/mol. The fourth-order valence-electron chi connectivity index (χ4n) is 3.88. The molecule has 0 aliphatic carbocycles. The lowest BCUT2D eigenvalue weighted by Gasteiger charge is -2.38. The van der Waals surface area contributed by atoms with E-state index in [0.29, 0.717) is 37.6 Å². The highest BCUT2D eigenvalue weighted by atomic mass is 19.1. The van der Waals surface area contributed by atoms with Crippen molar-refractivity contribution >= 4 is 5.91 Å². The Morgan fingerprint density at radius 3 is 2.72 bits per heavy atom. The number of ether oxygens (including phenoxy) is 1. The third-order valence-corrected chi connectivity index (χ3v) is 5.53. The van der Waals surface area contributed by atoms with Gasteiger partial charge in [-0.25, -0.2) is 4.39 Å². The van der Waals surface area contributed by atoms with Crippen molar-refractivity contribution in [1.29, 1.82) is 0 Å². The number of aromatic nitrogens is 1. The maximum Gasteiger partial charge on any atom is 0.292 e. The number of likely N-dealkylation sites (tertiary alicyclic amines) is 1. The molecule has 8 nitrogen and oxygen atoms in total. The van der Waals surface area contributed by atoms with Crippen LogP contribution in [0.15, 0.2) is 34.9 Å². The van der Waals surface area contributed by atoms with Crippen LogP contribution in [0.2, 0.25) is 0 Å². The fourth-order valence-corrected chi connectivity index (χ4v) is 3.88. The fraction of sp³-hybridized carbons (Fsp3) is 0.500. The lowest BCUT2D eigenvalue weighted by atomic mass is 10.0. The van der Waals surface area contributed by atoms with Gasteiger partial charge in [0.25, 0.3) is 5.91 Å². The van der Waals surface area contributed by atoms with E-state index in [2.05, 4.69) is 5.16 Å². The summed E-state index contributed by atoms with van der Waals surface area (Å²) in [5.41, 5.74) is 0.883. The Labute approximate surface area is 167 Å². The number of hydrogen-bond donors (Lipinski definition) is 2. The number of carbonyl (C=O) groups excluding carboxylic acids is 1. The largest absolute Gasteiger partial charge is 0.390 e. The number of aliphatic hydroxyl groups is 2. The molecule has 1 amide bonds. The van der Waals surface area contributed by atoms with E-state index >= 15 is 0 Å². The van der Waals surface area contributed by atoms with Crippen LogP contribution < -0.4 is 0 Å². The Morgan fingerprint density at radius 1 is 1.17 bits per heavy atom. The number of carbonyl (C=O) groups is 1. The van der Waals surface area contributed by atoms with Gasteiger partial charge in [-0.3, -0.25) is 9.69 Å². The number of rotatable bonds is 3. The van der Waals surface area contributed by atoms with Crippen LogP contribution in [0.5, 0.6) is 0 Å². The lowest BCUT2D eigenvalue weighted by Crippen LogP contribution is -2.55. The average Bonchev–Trinajstić information content (AvgIpc) is 3.18. The number of morpholine rings is 1. The maximum absolute atomic E-state index is 13.5. The first-order valence-electron chi connectivity index (χ1n) is 9.73. The summed E-state index contributed by atoms with van der Waals surface area (Å²) in [6.07, 6.45) is -1.61. The van der Waals surface area contributed by atoms with Crippen molar-refractivity contribution in [3.8, 4) is 11.3 Å². The maximum atomic E-state index is 13.5. The van der Waals surface area contributed by atoms with Crippen LogP contribution in [0, 0.1) is 5.82 Å². The van der Waals surface area contributed by atoms with Gasteiger partial charge in [-0.2, -0.15) is 0 Å². The highest BCUT2D eigenvalue weighted by molar-refractivity contribution is 5.92. The Balaban J connectivity index is 1.53. The van der Waals surface area contributed by atoms with E-state index in [1.165, 1.54) is 18.2 Å².